The molecule has 1 aromatic heterocycles. The number of piperidine rings is 1. The molecule has 1 saturated heterocycles. The van der Waals surface area contributed by atoms with Gasteiger partial charge in [-0.25, -0.2) is 9.37 Å². The summed E-state index contributed by atoms with van der Waals surface area (Å²) in [6, 6.07) is 11.3. The van der Waals surface area contributed by atoms with Crippen LogP contribution in [0.3, 0.4) is 0 Å². The van der Waals surface area contributed by atoms with Crippen molar-refractivity contribution in [3.05, 3.63) is 81.5 Å². The number of anilines is 1. The summed E-state index contributed by atoms with van der Waals surface area (Å²) in [5, 5.41) is 6.12. The van der Waals surface area contributed by atoms with Crippen molar-refractivity contribution in [2.24, 2.45) is 0 Å². The Bertz CT molecular complexity index is 1220. The van der Waals surface area contributed by atoms with E-state index in [4.69, 9.17) is 11.6 Å². The summed E-state index contributed by atoms with van der Waals surface area (Å²) < 4.78 is 14.0. The molecule has 2 heterocycles. The van der Waals surface area contributed by atoms with Gasteiger partial charge in [-0.1, -0.05) is 35.9 Å². The van der Waals surface area contributed by atoms with Crippen LogP contribution in [0.15, 0.2) is 60.0 Å². The largest absolute Gasteiger partial charge is 0.343 e. The zero-order valence-corrected chi connectivity index (χ0v) is 21.0. The van der Waals surface area contributed by atoms with Crippen LogP contribution in [0.4, 0.5) is 10.1 Å². The van der Waals surface area contributed by atoms with Gasteiger partial charge < -0.3 is 10.2 Å². The molecule has 1 aliphatic rings. The molecule has 1 aliphatic heterocycles. The molecule has 0 radical (unpaired) electrons. The first-order valence-electron chi connectivity index (χ1n) is 11.7. The Morgan fingerprint density at radius 1 is 1.20 bits per heavy atom. The molecule has 4 rings (SSSR count). The zero-order valence-electron chi connectivity index (χ0n) is 19.5. The van der Waals surface area contributed by atoms with Gasteiger partial charge in [0.15, 0.2) is 0 Å². The Hall–Kier alpha value is -3.03. The van der Waals surface area contributed by atoms with Crippen molar-refractivity contribution in [3.8, 4) is 11.1 Å². The van der Waals surface area contributed by atoms with E-state index in [9.17, 15) is 14.0 Å². The van der Waals surface area contributed by atoms with E-state index in [0.29, 0.717) is 41.5 Å². The molecule has 2 amide bonds. The number of carbonyl (C=O) groups is 2. The van der Waals surface area contributed by atoms with Gasteiger partial charge in [0.25, 0.3) is 5.91 Å². The van der Waals surface area contributed by atoms with Crippen LogP contribution < -0.4 is 5.32 Å². The molecule has 0 bridgehead atoms. The van der Waals surface area contributed by atoms with Crippen LogP contribution >= 0.6 is 22.9 Å². The molecule has 5 nitrogen and oxygen atoms in total. The molecule has 0 unspecified atom stereocenters. The quantitative estimate of drug-likeness (QED) is 0.350. The summed E-state index contributed by atoms with van der Waals surface area (Å²) in [7, 11) is 0. The number of hydrogen-bond acceptors (Lipinski definition) is 4. The topological polar surface area (TPSA) is 62.3 Å². The number of nitrogens with one attached hydrogen (secondary N) is 1. The van der Waals surface area contributed by atoms with E-state index in [0.717, 1.165) is 29.8 Å². The second-order valence-electron chi connectivity index (χ2n) is 8.48. The van der Waals surface area contributed by atoms with Crippen molar-refractivity contribution < 1.29 is 14.0 Å². The maximum absolute atomic E-state index is 14.0. The van der Waals surface area contributed by atoms with Gasteiger partial charge in [-0.15, -0.1) is 11.3 Å². The first-order valence-corrected chi connectivity index (χ1v) is 12.9. The van der Waals surface area contributed by atoms with Crippen LogP contribution in [0, 0.1) is 5.82 Å². The van der Waals surface area contributed by atoms with Gasteiger partial charge in [0.1, 0.15) is 11.5 Å². The van der Waals surface area contributed by atoms with E-state index in [-0.39, 0.29) is 17.7 Å². The van der Waals surface area contributed by atoms with Crippen LogP contribution in [0.25, 0.3) is 11.1 Å². The minimum Gasteiger partial charge on any atom is -0.343 e. The summed E-state index contributed by atoms with van der Waals surface area (Å²) in [5.74, 6) is -0.311. The van der Waals surface area contributed by atoms with E-state index in [1.807, 2.05) is 24.0 Å². The standard InChI is InChI=1S/C27H27ClFN3O2S/c1-2-3-4-5-25(33)32-14-12-19(13-15-32)27-31-24(17-35-27)26(34)30-23-11-10-21(29)16-22(23)18-6-8-20(28)9-7-18/h2-3,6-11,16-17,19H,4-5,12-15H2,1H3,(H,30,34)/b3-2+. The van der Waals surface area contributed by atoms with Crippen LogP contribution in [-0.2, 0) is 4.79 Å². The predicted molar refractivity (Wildman–Crippen MR) is 140 cm³/mol. The molecule has 0 aliphatic carbocycles. The lowest BCUT2D eigenvalue weighted by Gasteiger charge is -2.31. The molecule has 2 aromatic carbocycles. The summed E-state index contributed by atoms with van der Waals surface area (Å²) in [6.45, 7) is 3.37. The lowest BCUT2D eigenvalue weighted by molar-refractivity contribution is -0.132. The molecule has 0 saturated carbocycles. The van der Waals surface area contributed by atoms with Gasteiger partial charge in [-0.3, -0.25) is 9.59 Å². The van der Waals surface area contributed by atoms with Crippen LogP contribution in [0.5, 0.6) is 0 Å². The van der Waals surface area contributed by atoms with Crippen molar-refractivity contribution >= 4 is 40.4 Å². The number of halogens is 2. The lowest BCUT2D eigenvalue weighted by atomic mass is 9.97. The molecule has 3 aromatic rings. The number of rotatable bonds is 7. The summed E-state index contributed by atoms with van der Waals surface area (Å²) in [5.41, 5.74) is 2.14. The monoisotopic (exact) mass is 511 g/mol. The summed E-state index contributed by atoms with van der Waals surface area (Å²) in [6.07, 6.45) is 6.96. The van der Waals surface area contributed by atoms with Crippen molar-refractivity contribution in [1.82, 2.24) is 9.88 Å². The molecule has 8 heteroatoms. The number of allylic oxidation sites excluding steroid dienone is 2. The number of benzene rings is 2. The van der Waals surface area contributed by atoms with E-state index in [1.165, 1.54) is 23.5 Å². The maximum atomic E-state index is 14.0. The van der Waals surface area contributed by atoms with E-state index in [1.54, 1.807) is 35.7 Å². The summed E-state index contributed by atoms with van der Waals surface area (Å²) >= 11 is 7.44. The van der Waals surface area contributed by atoms with E-state index >= 15 is 0 Å². The highest BCUT2D eigenvalue weighted by Crippen LogP contribution is 2.32. The highest BCUT2D eigenvalue weighted by atomic mass is 35.5. The van der Waals surface area contributed by atoms with E-state index < -0.39 is 5.82 Å². The minimum absolute atomic E-state index is 0.191. The number of hydrogen-bond donors (Lipinski definition) is 1. The molecule has 182 valence electrons. The van der Waals surface area contributed by atoms with Gasteiger partial charge in [0, 0.05) is 47.1 Å². The SMILES string of the molecule is C/C=C/CCC(=O)N1CCC(c2nc(C(=O)Nc3ccc(F)cc3-c3ccc(Cl)cc3)cs2)CC1. The van der Waals surface area contributed by atoms with Gasteiger partial charge >= 0.3 is 0 Å². The second-order valence-corrected chi connectivity index (χ2v) is 9.81. The molecule has 0 atom stereocenters. The Morgan fingerprint density at radius 3 is 2.66 bits per heavy atom. The van der Waals surface area contributed by atoms with Crippen LogP contribution in [-0.4, -0.2) is 34.8 Å². The highest BCUT2D eigenvalue weighted by Gasteiger charge is 2.26. The number of carbonyl (C=O) groups excluding carboxylic acids is 2. The van der Waals surface area contributed by atoms with Gasteiger partial charge in [-0.2, -0.15) is 0 Å². The average molecular weight is 512 g/mol. The van der Waals surface area contributed by atoms with Crippen molar-refractivity contribution in [3.63, 3.8) is 0 Å². The minimum atomic E-state index is -0.393. The van der Waals surface area contributed by atoms with Crippen LogP contribution in [0.2, 0.25) is 5.02 Å². The summed E-state index contributed by atoms with van der Waals surface area (Å²) in [4.78, 5) is 31.8. The number of aromatic nitrogens is 1. The molecule has 1 fully saturated rings. The Morgan fingerprint density at radius 2 is 1.94 bits per heavy atom. The third kappa shape index (κ3) is 6.35. The first-order chi connectivity index (χ1) is 16.9. The van der Waals surface area contributed by atoms with E-state index in [2.05, 4.69) is 10.3 Å². The van der Waals surface area contributed by atoms with Crippen molar-refractivity contribution in [2.45, 2.75) is 38.5 Å². The lowest BCUT2D eigenvalue weighted by Crippen LogP contribution is -2.37. The fourth-order valence-electron chi connectivity index (χ4n) is 4.17. The van der Waals surface area contributed by atoms with Crippen LogP contribution in [0.1, 0.15) is 54.0 Å². The third-order valence-electron chi connectivity index (χ3n) is 6.10. The number of nitrogens with zero attached hydrogens (tertiary/aromatic N) is 2. The van der Waals surface area contributed by atoms with Gasteiger partial charge in [0.05, 0.1) is 5.01 Å². The Kier molecular flexibility index (Phi) is 8.31. The predicted octanol–water partition coefficient (Wildman–Crippen LogP) is 6.92. The molecule has 0 spiro atoms. The Balaban J connectivity index is 1.40. The number of likely N-dealkylation sites (tertiary alicyclic amines) is 1. The molecular weight excluding hydrogens is 485 g/mol. The first kappa shape index (κ1) is 25.1. The average Bonchev–Trinajstić information content (AvgIpc) is 3.36. The number of thiazole rings is 1. The van der Waals surface area contributed by atoms with Gasteiger partial charge in [0.2, 0.25) is 5.91 Å². The van der Waals surface area contributed by atoms with Crippen molar-refractivity contribution in [2.75, 3.05) is 18.4 Å². The van der Waals surface area contributed by atoms with Gasteiger partial charge in [-0.05, 0) is 62.1 Å². The fourth-order valence-corrected chi connectivity index (χ4v) is 5.26. The zero-order chi connectivity index (χ0) is 24.8. The molecule has 1 N–H and O–H groups in total. The number of amides is 2. The smallest absolute Gasteiger partial charge is 0.275 e. The molecule has 35 heavy (non-hydrogen) atoms. The maximum Gasteiger partial charge on any atom is 0.275 e. The van der Waals surface area contributed by atoms with Crippen molar-refractivity contribution in [1.29, 1.82) is 0 Å². The third-order valence-corrected chi connectivity index (χ3v) is 7.36. The second kappa shape index (κ2) is 11.6. The Labute approximate surface area is 213 Å². The molecular formula is C27H27ClFN3O2S. The normalized spacial score (nSPS) is 14.4. The fraction of sp³-hybridized carbons (Fsp3) is 0.296. The highest BCUT2D eigenvalue weighted by molar-refractivity contribution is 7.10.